The second-order valence-corrected chi connectivity index (χ2v) is 6.37. The average Bonchev–Trinajstić information content (AvgIpc) is 2.90. The molecular weight excluding hydrogens is 296 g/mol. The number of amides is 1. The highest BCUT2D eigenvalue weighted by Crippen LogP contribution is 2.14. The van der Waals surface area contributed by atoms with Gasteiger partial charge in [0, 0.05) is 38.4 Å². The van der Waals surface area contributed by atoms with Gasteiger partial charge in [-0.15, -0.1) is 0 Å². The lowest BCUT2D eigenvalue weighted by Crippen LogP contribution is -2.42. The summed E-state index contributed by atoms with van der Waals surface area (Å²) in [4.78, 5) is 28.4. The van der Waals surface area contributed by atoms with E-state index in [1.165, 1.54) is 25.0 Å². The molecule has 3 rings (SSSR count). The molecule has 1 amide bonds. The summed E-state index contributed by atoms with van der Waals surface area (Å²) in [6.45, 7) is 6.61. The molecule has 1 aromatic rings. The third-order valence-electron chi connectivity index (χ3n) is 4.40. The van der Waals surface area contributed by atoms with Crippen molar-refractivity contribution in [2.75, 3.05) is 39.3 Å². The molecule has 1 aromatic heterocycles. The summed E-state index contributed by atoms with van der Waals surface area (Å²) in [6, 6.07) is 2.66. The second-order valence-electron chi connectivity index (χ2n) is 6.37. The Balaban J connectivity index is 1.69. The highest BCUT2D eigenvalue weighted by molar-refractivity contribution is 5.91. The fourth-order valence-electron chi connectivity index (χ4n) is 3.31. The minimum absolute atomic E-state index is 0.0241. The number of ether oxygens (including phenoxy) is 1. The maximum atomic E-state index is 12.7. The van der Waals surface area contributed by atoms with Gasteiger partial charge in [-0.25, -0.2) is 0 Å². The molecule has 0 N–H and O–H groups in total. The topological polar surface area (TPSA) is 63.0 Å². The molecule has 0 bridgehead atoms. The second kappa shape index (κ2) is 7.27. The van der Waals surface area contributed by atoms with E-state index in [-0.39, 0.29) is 23.2 Å². The third kappa shape index (κ3) is 4.20. The van der Waals surface area contributed by atoms with Crippen LogP contribution in [0.3, 0.4) is 0 Å². The van der Waals surface area contributed by atoms with Crippen molar-refractivity contribution >= 4 is 5.91 Å². The van der Waals surface area contributed by atoms with E-state index in [0.29, 0.717) is 25.5 Å². The standard InChI is InChI=1S/C17H24N2O4/c1-13-9-14(20)10-16(23-13)17(21)19-7-4-8-22-15(12-19)11-18-5-2-3-6-18/h9-10,15H,2-8,11-12H2,1H3/t15-/m0/s1. The summed E-state index contributed by atoms with van der Waals surface area (Å²) < 4.78 is 11.3. The van der Waals surface area contributed by atoms with Crippen LogP contribution in [0.4, 0.5) is 0 Å². The molecule has 0 radical (unpaired) electrons. The number of nitrogens with zero attached hydrogens (tertiary/aromatic N) is 2. The number of rotatable bonds is 3. The molecule has 0 spiro atoms. The van der Waals surface area contributed by atoms with Crippen LogP contribution >= 0.6 is 0 Å². The minimum Gasteiger partial charge on any atom is -0.456 e. The van der Waals surface area contributed by atoms with Gasteiger partial charge < -0.3 is 19.0 Å². The highest BCUT2D eigenvalue weighted by atomic mass is 16.5. The van der Waals surface area contributed by atoms with E-state index in [1.54, 1.807) is 11.8 Å². The molecule has 2 aliphatic heterocycles. The largest absolute Gasteiger partial charge is 0.456 e. The minimum atomic E-state index is -0.220. The Kier molecular flexibility index (Phi) is 5.13. The molecule has 0 aromatic carbocycles. The SMILES string of the molecule is Cc1cc(=O)cc(C(=O)N2CCCO[C@@H](CN3CCCC3)C2)o1. The highest BCUT2D eigenvalue weighted by Gasteiger charge is 2.27. The molecule has 2 aliphatic rings. The first kappa shape index (κ1) is 16.2. The first-order valence-electron chi connectivity index (χ1n) is 8.37. The zero-order valence-corrected chi connectivity index (χ0v) is 13.6. The van der Waals surface area contributed by atoms with Crippen molar-refractivity contribution in [3.05, 3.63) is 33.9 Å². The van der Waals surface area contributed by atoms with Gasteiger partial charge in [0.2, 0.25) is 0 Å². The van der Waals surface area contributed by atoms with Crippen LogP contribution in [0.25, 0.3) is 0 Å². The fourth-order valence-corrected chi connectivity index (χ4v) is 3.31. The van der Waals surface area contributed by atoms with E-state index >= 15 is 0 Å². The summed E-state index contributed by atoms with van der Waals surface area (Å²) in [7, 11) is 0. The smallest absolute Gasteiger partial charge is 0.289 e. The maximum Gasteiger partial charge on any atom is 0.289 e. The Labute approximate surface area is 136 Å². The number of carbonyl (C=O) groups is 1. The number of hydrogen-bond donors (Lipinski definition) is 0. The summed E-state index contributed by atoms with van der Waals surface area (Å²) in [5.74, 6) is 0.361. The number of hydrogen-bond acceptors (Lipinski definition) is 5. The van der Waals surface area contributed by atoms with Crippen LogP contribution in [0.5, 0.6) is 0 Å². The predicted octanol–water partition coefficient (Wildman–Crippen LogP) is 1.28. The van der Waals surface area contributed by atoms with Gasteiger partial charge >= 0.3 is 0 Å². The van der Waals surface area contributed by atoms with Crippen LogP contribution < -0.4 is 5.43 Å². The summed E-state index contributed by atoms with van der Waals surface area (Å²) in [5.41, 5.74) is -0.197. The Hall–Kier alpha value is -1.66. The van der Waals surface area contributed by atoms with Crippen LogP contribution in [-0.2, 0) is 4.74 Å². The van der Waals surface area contributed by atoms with Crippen molar-refractivity contribution < 1.29 is 13.9 Å². The molecule has 0 unspecified atom stereocenters. The van der Waals surface area contributed by atoms with Gasteiger partial charge in [0.15, 0.2) is 11.2 Å². The Morgan fingerprint density at radius 3 is 2.74 bits per heavy atom. The normalized spacial score (nSPS) is 23.0. The molecule has 0 saturated carbocycles. The Bertz CT molecular complexity index is 607. The molecule has 6 nitrogen and oxygen atoms in total. The van der Waals surface area contributed by atoms with Crippen LogP contribution in [0.1, 0.15) is 35.6 Å². The van der Waals surface area contributed by atoms with Gasteiger partial charge in [-0.2, -0.15) is 0 Å². The molecule has 1 atom stereocenters. The first-order chi connectivity index (χ1) is 11.1. The third-order valence-corrected chi connectivity index (χ3v) is 4.40. The fraction of sp³-hybridized carbons (Fsp3) is 0.647. The van der Waals surface area contributed by atoms with E-state index in [0.717, 1.165) is 26.1 Å². The quantitative estimate of drug-likeness (QED) is 0.839. The average molecular weight is 320 g/mol. The summed E-state index contributed by atoms with van der Waals surface area (Å²) >= 11 is 0. The summed E-state index contributed by atoms with van der Waals surface area (Å²) in [5, 5.41) is 0. The van der Waals surface area contributed by atoms with E-state index in [2.05, 4.69) is 4.90 Å². The molecule has 0 aliphatic carbocycles. The lowest BCUT2D eigenvalue weighted by atomic mass is 10.2. The van der Waals surface area contributed by atoms with E-state index < -0.39 is 0 Å². The van der Waals surface area contributed by atoms with Gasteiger partial charge in [-0.05, 0) is 39.3 Å². The van der Waals surface area contributed by atoms with Gasteiger partial charge in [0.1, 0.15) is 5.76 Å². The molecule has 6 heteroatoms. The monoisotopic (exact) mass is 320 g/mol. The van der Waals surface area contributed by atoms with Crippen molar-refractivity contribution in [3.63, 3.8) is 0 Å². The molecule has 2 fully saturated rings. The Morgan fingerprint density at radius 2 is 2.00 bits per heavy atom. The molecule has 23 heavy (non-hydrogen) atoms. The van der Waals surface area contributed by atoms with Crippen LogP contribution in [0, 0.1) is 6.92 Å². The number of carbonyl (C=O) groups excluding carboxylic acids is 1. The first-order valence-corrected chi connectivity index (χ1v) is 8.37. The van der Waals surface area contributed by atoms with Gasteiger partial charge in [0.25, 0.3) is 5.91 Å². The van der Waals surface area contributed by atoms with Crippen molar-refractivity contribution in [2.24, 2.45) is 0 Å². The summed E-state index contributed by atoms with van der Waals surface area (Å²) in [6.07, 6.45) is 3.31. The predicted molar refractivity (Wildman–Crippen MR) is 85.6 cm³/mol. The van der Waals surface area contributed by atoms with Crippen molar-refractivity contribution in [1.29, 1.82) is 0 Å². The van der Waals surface area contributed by atoms with Gasteiger partial charge in [0.05, 0.1) is 6.10 Å². The zero-order valence-electron chi connectivity index (χ0n) is 13.6. The van der Waals surface area contributed by atoms with E-state index in [1.807, 2.05) is 0 Å². The van der Waals surface area contributed by atoms with Crippen LogP contribution in [0.15, 0.2) is 21.3 Å². The number of aryl methyl sites for hydroxylation is 1. The zero-order chi connectivity index (χ0) is 16.2. The van der Waals surface area contributed by atoms with Crippen molar-refractivity contribution in [2.45, 2.75) is 32.3 Å². The van der Waals surface area contributed by atoms with E-state index in [4.69, 9.17) is 9.15 Å². The lowest BCUT2D eigenvalue weighted by molar-refractivity contribution is 0.0289. The molecule has 3 heterocycles. The maximum absolute atomic E-state index is 12.7. The van der Waals surface area contributed by atoms with Gasteiger partial charge in [-0.1, -0.05) is 0 Å². The van der Waals surface area contributed by atoms with Crippen molar-refractivity contribution in [3.8, 4) is 0 Å². The molecule has 2 saturated heterocycles. The number of likely N-dealkylation sites (tertiary alicyclic amines) is 1. The molecular formula is C17H24N2O4. The van der Waals surface area contributed by atoms with Gasteiger partial charge in [-0.3, -0.25) is 9.59 Å². The lowest BCUT2D eigenvalue weighted by Gasteiger charge is -2.26. The van der Waals surface area contributed by atoms with Crippen LogP contribution in [0.2, 0.25) is 0 Å². The Morgan fingerprint density at radius 1 is 1.22 bits per heavy atom. The molecule has 126 valence electrons. The van der Waals surface area contributed by atoms with Crippen LogP contribution in [-0.4, -0.2) is 61.1 Å². The van der Waals surface area contributed by atoms with Crippen molar-refractivity contribution in [1.82, 2.24) is 9.80 Å². The van der Waals surface area contributed by atoms with E-state index in [9.17, 15) is 9.59 Å².